The van der Waals surface area contributed by atoms with E-state index in [1.165, 1.54) is 50.5 Å². The number of benzene rings is 2. The molecule has 31 heavy (non-hydrogen) atoms. The molecule has 1 fully saturated rings. The number of sulfonamides is 1. The second kappa shape index (κ2) is 16.3. The molecule has 0 spiro atoms. The van der Waals surface area contributed by atoms with Gasteiger partial charge in [-0.3, -0.25) is 0 Å². The van der Waals surface area contributed by atoms with Gasteiger partial charge in [-0.2, -0.15) is 0 Å². The van der Waals surface area contributed by atoms with Crippen LogP contribution in [0.5, 0.6) is 5.75 Å². The van der Waals surface area contributed by atoms with Gasteiger partial charge < -0.3 is 4.74 Å². The Bertz CT molecular complexity index is 965. The van der Waals surface area contributed by atoms with Crippen LogP contribution in [-0.2, 0) is 36.4 Å². The van der Waals surface area contributed by atoms with E-state index >= 15 is 0 Å². The van der Waals surface area contributed by atoms with Crippen LogP contribution in [0.4, 0.5) is 0 Å². The summed E-state index contributed by atoms with van der Waals surface area (Å²) in [5.41, 5.74) is 1.38. The summed E-state index contributed by atoms with van der Waals surface area (Å²) in [6, 6.07) is 15.5. The minimum Gasteiger partial charge on any atom is 2.00 e. The van der Waals surface area contributed by atoms with Gasteiger partial charge in [0, 0.05) is 5.75 Å². The zero-order chi connectivity index (χ0) is 22.2. The fourth-order valence-electron chi connectivity index (χ4n) is 2.80. The van der Waals surface area contributed by atoms with Crippen molar-refractivity contribution < 1.29 is 39.5 Å². The van der Waals surface area contributed by atoms with E-state index in [1.807, 2.05) is 24.3 Å². The third kappa shape index (κ3) is 9.97. The van der Waals surface area contributed by atoms with Gasteiger partial charge in [0.2, 0.25) is 0 Å². The van der Waals surface area contributed by atoms with Gasteiger partial charge in [0.15, 0.2) is 0 Å². The van der Waals surface area contributed by atoms with Crippen molar-refractivity contribution in [1.29, 1.82) is 0 Å². The standard InChI is InChI=1S/C16H12NO3S.C5H10.2CO.Fe/c18-21(19,15-7-2-1-3-8-15)17-11-13-10-14-6-4-5-9-16(14)20-12-13;1-2-4-5-3-1;2*1-2;/h1-9,11H,12H2;1-5H2;;;/q-1;;;;+2/b17-11+;;;;. The first-order chi connectivity index (χ1) is 14.6. The van der Waals surface area contributed by atoms with Crippen molar-refractivity contribution in [2.45, 2.75) is 37.0 Å². The van der Waals surface area contributed by atoms with Crippen LogP contribution in [0.2, 0.25) is 0 Å². The van der Waals surface area contributed by atoms with Crippen molar-refractivity contribution in [3.63, 3.8) is 0 Å². The van der Waals surface area contributed by atoms with Crippen LogP contribution in [0.1, 0.15) is 37.7 Å². The van der Waals surface area contributed by atoms with Gasteiger partial charge in [0.1, 0.15) is 0 Å². The molecule has 0 bridgehead atoms. The van der Waals surface area contributed by atoms with E-state index in [9.17, 15) is 8.42 Å². The monoisotopic (exact) mass is 480 g/mol. The number of hydrogen-bond donors (Lipinski definition) is 0. The molecule has 0 saturated heterocycles. The minimum atomic E-state index is -3.68. The molecule has 1 heterocycles. The molecular formula is C23H22FeNO5S+. The van der Waals surface area contributed by atoms with Crippen molar-refractivity contribution in [2.24, 2.45) is 4.40 Å². The second-order valence-electron chi connectivity index (χ2n) is 6.23. The zero-order valence-corrected chi connectivity index (χ0v) is 18.7. The first-order valence-electron chi connectivity index (χ1n) is 9.26. The molecule has 1 saturated carbocycles. The van der Waals surface area contributed by atoms with Gasteiger partial charge >= 0.3 is 39.7 Å². The van der Waals surface area contributed by atoms with Gasteiger partial charge in [-0.25, -0.2) is 12.8 Å². The third-order valence-electron chi connectivity index (χ3n) is 4.20. The summed E-state index contributed by atoms with van der Waals surface area (Å²) in [5.74, 6) is 0.737. The third-order valence-corrected chi connectivity index (χ3v) is 5.45. The van der Waals surface area contributed by atoms with Crippen LogP contribution < -0.4 is 4.74 Å². The van der Waals surface area contributed by atoms with Gasteiger partial charge in [-0.1, -0.05) is 68.0 Å². The average molecular weight is 480 g/mol. The number of para-hydroxylation sites is 1. The molecule has 0 N–H and O–H groups in total. The van der Waals surface area contributed by atoms with Gasteiger partial charge in [0.05, 0.1) is 11.5 Å². The van der Waals surface area contributed by atoms with E-state index in [1.54, 1.807) is 18.2 Å². The van der Waals surface area contributed by atoms with E-state index in [4.69, 9.17) is 14.0 Å². The molecule has 0 unspecified atom stereocenters. The molecular weight excluding hydrogens is 458 g/mol. The molecule has 2 aromatic carbocycles. The summed E-state index contributed by atoms with van der Waals surface area (Å²) >= 11 is 0. The van der Waals surface area contributed by atoms with Gasteiger partial charge in [-0.05, 0) is 18.3 Å². The molecule has 0 radical (unpaired) electrons. The quantitative estimate of drug-likeness (QED) is 0.280. The Morgan fingerprint density at radius 1 is 0.871 bits per heavy atom. The van der Waals surface area contributed by atoms with Crippen LogP contribution in [0.15, 0.2) is 69.5 Å². The molecule has 2 aliphatic rings. The predicted octanol–water partition coefficient (Wildman–Crippen LogP) is 4.49. The van der Waals surface area contributed by atoms with Crippen LogP contribution >= 0.6 is 0 Å². The molecule has 8 heteroatoms. The fourth-order valence-corrected chi connectivity index (χ4v) is 3.69. The van der Waals surface area contributed by atoms with Crippen LogP contribution in [0.25, 0.3) is 0 Å². The Hall–Kier alpha value is -2.40. The Morgan fingerprint density at radius 2 is 1.39 bits per heavy atom. The summed E-state index contributed by atoms with van der Waals surface area (Å²) in [6.07, 6.45) is 11.9. The second-order valence-corrected chi connectivity index (χ2v) is 7.86. The number of nitrogens with zero attached hydrogens (tertiary/aromatic N) is 1. The van der Waals surface area contributed by atoms with Crippen LogP contribution in [0.3, 0.4) is 0 Å². The van der Waals surface area contributed by atoms with Crippen molar-refractivity contribution in [3.05, 3.63) is 85.1 Å². The van der Waals surface area contributed by atoms with E-state index in [-0.39, 0.29) is 28.6 Å². The summed E-state index contributed by atoms with van der Waals surface area (Å²) in [6.45, 7) is 9.25. The van der Waals surface area contributed by atoms with Gasteiger partial charge in [0.25, 0.3) is 10.0 Å². The molecule has 162 valence electrons. The van der Waals surface area contributed by atoms with Crippen LogP contribution in [0, 0.1) is 19.4 Å². The molecule has 0 aromatic heterocycles. The molecule has 4 rings (SSSR count). The Labute approximate surface area is 194 Å². The summed E-state index contributed by atoms with van der Waals surface area (Å²) in [7, 11) is -3.68. The number of ether oxygens (including phenoxy) is 1. The molecule has 6 nitrogen and oxygen atoms in total. The molecule has 2 aromatic rings. The van der Waals surface area contributed by atoms with Gasteiger partial charge in [-0.15, -0.1) is 23.8 Å². The summed E-state index contributed by atoms with van der Waals surface area (Å²) < 4.78 is 48.3. The SMILES string of the molecule is C1CCCC1.O=S(=O)(/N=C/C1=[C-]c2ccccc2OC1)c1ccccc1.[C-]#[O+].[C-]#[O+].[Fe+2]. The first kappa shape index (κ1) is 28.6. The first-order valence-corrected chi connectivity index (χ1v) is 10.7. The van der Waals surface area contributed by atoms with Crippen molar-refractivity contribution in [2.75, 3.05) is 6.61 Å². The molecule has 1 aliphatic carbocycles. The van der Waals surface area contributed by atoms with E-state index in [0.717, 1.165) is 11.3 Å². The molecule has 0 atom stereocenters. The van der Waals surface area contributed by atoms with Crippen LogP contribution in [-0.4, -0.2) is 21.2 Å². The Morgan fingerprint density at radius 3 is 1.97 bits per heavy atom. The maximum Gasteiger partial charge on any atom is 2.00 e. The maximum absolute atomic E-state index is 12.0. The number of hydrogen-bond acceptors (Lipinski definition) is 3. The number of fused-ring (bicyclic) bond motifs is 1. The fraction of sp³-hybridized carbons (Fsp3) is 0.261. The summed E-state index contributed by atoms with van der Waals surface area (Å²) in [4.78, 5) is 0.166. The summed E-state index contributed by atoms with van der Waals surface area (Å²) in [5, 5.41) is 0. The van der Waals surface area contributed by atoms with E-state index in [0.29, 0.717) is 5.57 Å². The van der Waals surface area contributed by atoms with Crippen molar-refractivity contribution in [3.8, 4) is 5.75 Å². The predicted molar refractivity (Wildman–Crippen MR) is 111 cm³/mol. The topological polar surface area (TPSA) is 95.5 Å². The van der Waals surface area contributed by atoms with E-state index in [2.05, 4.69) is 23.8 Å². The smallest absolute Gasteiger partial charge is 2.00 e. The number of rotatable bonds is 3. The largest absolute Gasteiger partial charge is 2.00 e. The zero-order valence-electron chi connectivity index (χ0n) is 16.8. The Kier molecular flexibility index (Phi) is 15.0. The Balaban J connectivity index is 0.000000768. The molecule has 0 amide bonds. The maximum atomic E-state index is 12.0. The van der Waals surface area contributed by atoms with Crippen molar-refractivity contribution in [1.82, 2.24) is 0 Å². The average Bonchev–Trinajstić information content (AvgIpc) is 3.41. The van der Waals surface area contributed by atoms with E-state index < -0.39 is 10.0 Å². The minimum absolute atomic E-state index is 0. The normalized spacial score (nSPS) is 13.7. The molecule has 1 aliphatic heterocycles. The van der Waals surface area contributed by atoms with Crippen molar-refractivity contribution >= 4 is 16.2 Å².